The number of H-pyrrole nitrogens is 1. The van der Waals surface area contributed by atoms with Crippen molar-refractivity contribution in [2.24, 2.45) is 0 Å². The Morgan fingerprint density at radius 1 is 1.33 bits per heavy atom. The molecule has 94 valence electrons. The molecule has 3 nitrogen and oxygen atoms in total. The van der Waals surface area contributed by atoms with Gasteiger partial charge in [-0.15, -0.1) is 0 Å². The van der Waals surface area contributed by atoms with Gasteiger partial charge in [-0.25, -0.2) is 0 Å². The summed E-state index contributed by atoms with van der Waals surface area (Å²) in [6.45, 7) is 3.57. The van der Waals surface area contributed by atoms with Crippen molar-refractivity contribution in [2.45, 2.75) is 19.6 Å². The highest BCUT2D eigenvalue weighted by Crippen LogP contribution is 2.29. The highest BCUT2D eigenvalue weighted by Gasteiger charge is 2.17. The quantitative estimate of drug-likeness (QED) is 0.849. The van der Waals surface area contributed by atoms with Crippen LogP contribution in [0.15, 0.2) is 36.5 Å². The first-order valence-electron chi connectivity index (χ1n) is 6.43. The molecule has 1 aliphatic heterocycles. The van der Waals surface area contributed by atoms with Crippen molar-refractivity contribution in [3.8, 4) is 0 Å². The number of para-hydroxylation sites is 1. The number of aromatic amines is 1. The summed E-state index contributed by atoms with van der Waals surface area (Å²) >= 11 is 0. The lowest BCUT2D eigenvalue weighted by Crippen LogP contribution is -2.36. The lowest BCUT2D eigenvalue weighted by molar-refractivity contribution is 0.0267. The Bertz CT molecular complexity index is 583. The van der Waals surface area contributed by atoms with Gasteiger partial charge in [0.05, 0.1) is 0 Å². The normalized spacial score (nSPS) is 18.9. The van der Waals surface area contributed by atoms with Crippen LogP contribution in [-0.4, -0.2) is 34.3 Å². The minimum absolute atomic E-state index is 0.356. The molecule has 0 saturated carbocycles. The molecule has 2 heterocycles. The van der Waals surface area contributed by atoms with Gasteiger partial charge in [-0.2, -0.15) is 0 Å². The second-order valence-corrected chi connectivity index (χ2v) is 4.85. The zero-order valence-electron chi connectivity index (χ0n) is 10.6. The maximum absolute atomic E-state index is 9.56. The maximum Gasteiger partial charge on any atom is 0.104 e. The van der Waals surface area contributed by atoms with Crippen LogP contribution in [0.25, 0.3) is 16.5 Å². The fourth-order valence-corrected chi connectivity index (χ4v) is 2.61. The molecule has 0 aliphatic carbocycles. The molecule has 18 heavy (non-hydrogen) atoms. The summed E-state index contributed by atoms with van der Waals surface area (Å²) < 4.78 is 0. The van der Waals surface area contributed by atoms with E-state index in [-0.39, 0.29) is 6.23 Å². The van der Waals surface area contributed by atoms with Gasteiger partial charge in [0.25, 0.3) is 0 Å². The smallest absolute Gasteiger partial charge is 0.104 e. The van der Waals surface area contributed by atoms with Gasteiger partial charge in [0.2, 0.25) is 0 Å². The molecule has 1 atom stereocenters. The molecular formula is C15H18N2O. The topological polar surface area (TPSA) is 39.3 Å². The average Bonchev–Trinajstić information content (AvgIpc) is 2.82. The molecule has 2 N–H and O–H groups in total. The minimum atomic E-state index is -0.356. The summed E-state index contributed by atoms with van der Waals surface area (Å²) in [6.07, 6.45) is 4.96. The standard InChI is InChI=1S/C15H18N2O/c1-11(18)17-8-6-12(7-9-17)14-10-16-15-5-3-2-4-13(14)15/h2-6,10-11,16,18H,7-9H2,1H3. The van der Waals surface area contributed by atoms with E-state index < -0.39 is 0 Å². The van der Waals surface area contributed by atoms with Crippen LogP contribution in [0.5, 0.6) is 0 Å². The first-order chi connectivity index (χ1) is 8.75. The van der Waals surface area contributed by atoms with E-state index in [9.17, 15) is 5.11 Å². The van der Waals surface area contributed by atoms with Crippen LogP contribution in [0.3, 0.4) is 0 Å². The molecule has 3 rings (SSSR count). The van der Waals surface area contributed by atoms with Gasteiger partial charge in [-0.1, -0.05) is 24.3 Å². The molecule has 1 aliphatic rings. The van der Waals surface area contributed by atoms with Crippen molar-refractivity contribution in [2.75, 3.05) is 13.1 Å². The van der Waals surface area contributed by atoms with Crippen LogP contribution in [0.2, 0.25) is 0 Å². The Hall–Kier alpha value is -1.58. The van der Waals surface area contributed by atoms with Crippen molar-refractivity contribution in [3.05, 3.63) is 42.1 Å². The van der Waals surface area contributed by atoms with E-state index in [4.69, 9.17) is 0 Å². The Labute approximate surface area is 107 Å². The van der Waals surface area contributed by atoms with Gasteiger partial charge in [-0.3, -0.25) is 4.90 Å². The summed E-state index contributed by atoms with van der Waals surface area (Å²) in [6, 6.07) is 8.38. The van der Waals surface area contributed by atoms with E-state index in [0.29, 0.717) is 0 Å². The van der Waals surface area contributed by atoms with Crippen molar-refractivity contribution in [1.29, 1.82) is 0 Å². The predicted octanol–water partition coefficient (Wildman–Crippen LogP) is 2.60. The van der Waals surface area contributed by atoms with E-state index in [1.54, 1.807) is 0 Å². The van der Waals surface area contributed by atoms with Gasteiger partial charge in [0, 0.05) is 35.8 Å². The third-order valence-corrected chi connectivity index (χ3v) is 3.70. The summed E-state index contributed by atoms with van der Waals surface area (Å²) in [5.74, 6) is 0. The second-order valence-electron chi connectivity index (χ2n) is 4.85. The molecule has 0 bridgehead atoms. The van der Waals surface area contributed by atoms with Crippen LogP contribution < -0.4 is 0 Å². The van der Waals surface area contributed by atoms with Gasteiger partial charge < -0.3 is 10.1 Å². The number of fused-ring (bicyclic) bond motifs is 1. The Morgan fingerprint density at radius 3 is 2.89 bits per heavy atom. The molecule has 1 unspecified atom stereocenters. The molecule has 1 aromatic carbocycles. The van der Waals surface area contributed by atoms with Crippen LogP contribution in [0.1, 0.15) is 18.9 Å². The van der Waals surface area contributed by atoms with Gasteiger partial charge in [0.1, 0.15) is 6.23 Å². The molecule has 0 spiro atoms. The predicted molar refractivity (Wildman–Crippen MR) is 74.1 cm³/mol. The third kappa shape index (κ3) is 1.96. The molecular weight excluding hydrogens is 224 g/mol. The van der Waals surface area contributed by atoms with Gasteiger partial charge >= 0.3 is 0 Å². The van der Waals surface area contributed by atoms with Crippen LogP contribution in [0.4, 0.5) is 0 Å². The first kappa shape index (κ1) is 11.5. The van der Waals surface area contributed by atoms with Crippen LogP contribution in [0, 0.1) is 0 Å². The monoisotopic (exact) mass is 242 g/mol. The number of nitrogens with zero attached hydrogens (tertiary/aromatic N) is 1. The Balaban J connectivity index is 1.92. The summed E-state index contributed by atoms with van der Waals surface area (Å²) in [7, 11) is 0. The fourth-order valence-electron chi connectivity index (χ4n) is 2.61. The number of benzene rings is 1. The van der Waals surface area contributed by atoms with Crippen LogP contribution in [-0.2, 0) is 0 Å². The lowest BCUT2D eigenvalue weighted by Gasteiger charge is -2.28. The number of hydrogen-bond acceptors (Lipinski definition) is 2. The van der Waals surface area contributed by atoms with E-state index in [1.807, 2.05) is 13.0 Å². The number of aliphatic hydroxyl groups excluding tert-OH is 1. The van der Waals surface area contributed by atoms with Crippen LogP contribution >= 0.6 is 0 Å². The van der Waals surface area contributed by atoms with E-state index in [1.165, 1.54) is 22.0 Å². The molecule has 3 heteroatoms. The van der Waals surface area contributed by atoms with Crippen molar-refractivity contribution < 1.29 is 5.11 Å². The van der Waals surface area contributed by atoms with E-state index >= 15 is 0 Å². The molecule has 1 aromatic heterocycles. The van der Waals surface area contributed by atoms with Gasteiger partial charge in [-0.05, 0) is 25.0 Å². The highest BCUT2D eigenvalue weighted by molar-refractivity contribution is 5.92. The lowest BCUT2D eigenvalue weighted by atomic mass is 9.99. The molecule has 0 saturated heterocycles. The zero-order chi connectivity index (χ0) is 12.5. The second kappa shape index (κ2) is 4.59. The first-order valence-corrected chi connectivity index (χ1v) is 6.43. The zero-order valence-corrected chi connectivity index (χ0v) is 10.6. The number of aromatic nitrogens is 1. The number of hydrogen-bond donors (Lipinski definition) is 2. The fraction of sp³-hybridized carbons (Fsp3) is 0.333. The van der Waals surface area contributed by atoms with Crippen molar-refractivity contribution in [1.82, 2.24) is 9.88 Å². The summed E-state index contributed by atoms with van der Waals surface area (Å²) in [5.41, 5.74) is 3.87. The number of rotatable bonds is 2. The third-order valence-electron chi connectivity index (χ3n) is 3.70. The summed E-state index contributed by atoms with van der Waals surface area (Å²) in [5, 5.41) is 10.8. The Kier molecular flexibility index (Phi) is 2.94. The number of aliphatic hydroxyl groups is 1. The largest absolute Gasteiger partial charge is 0.379 e. The minimum Gasteiger partial charge on any atom is -0.379 e. The maximum atomic E-state index is 9.56. The molecule has 0 fully saturated rings. The van der Waals surface area contributed by atoms with E-state index in [2.05, 4.69) is 40.4 Å². The average molecular weight is 242 g/mol. The summed E-state index contributed by atoms with van der Waals surface area (Å²) in [4.78, 5) is 5.38. The molecule has 0 amide bonds. The highest BCUT2D eigenvalue weighted by atomic mass is 16.3. The van der Waals surface area contributed by atoms with E-state index in [0.717, 1.165) is 19.5 Å². The van der Waals surface area contributed by atoms with Crippen molar-refractivity contribution >= 4 is 16.5 Å². The number of nitrogens with one attached hydrogen (secondary N) is 1. The Morgan fingerprint density at radius 2 is 2.17 bits per heavy atom. The molecule has 0 radical (unpaired) electrons. The van der Waals surface area contributed by atoms with Crippen molar-refractivity contribution in [3.63, 3.8) is 0 Å². The van der Waals surface area contributed by atoms with Gasteiger partial charge in [0.15, 0.2) is 0 Å². The SMILES string of the molecule is CC(O)N1CC=C(c2c[nH]c3ccccc23)CC1. The molecule has 2 aromatic rings.